The molecule has 0 aliphatic carbocycles. The fourth-order valence-electron chi connectivity index (χ4n) is 4.08. The van der Waals surface area contributed by atoms with E-state index in [0.29, 0.717) is 55.1 Å². The summed E-state index contributed by atoms with van der Waals surface area (Å²) in [5, 5.41) is 5.91. The van der Waals surface area contributed by atoms with Gasteiger partial charge in [0, 0.05) is 32.0 Å². The van der Waals surface area contributed by atoms with E-state index in [2.05, 4.69) is 5.16 Å². The topological polar surface area (TPSA) is 72.6 Å². The number of ether oxygens (including phenoxy) is 1. The summed E-state index contributed by atoms with van der Waals surface area (Å²) in [4.78, 5) is 28.2. The van der Waals surface area contributed by atoms with E-state index in [0.717, 1.165) is 10.4 Å². The number of hydrogen-bond donors (Lipinski definition) is 0. The first-order valence-corrected chi connectivity index (χ1v) is 10.5. The quantitative estimate of drug-likeness (QED) is 0.630. The van der Waals surface area contributed by atoms with Crippen molar-refractivity contribution >= 4 is 23.0 Å². The highest BCUT2D eigenvalue weighted by Crippen LogP contribution is 2.40. The zero-order chi connectivity index (χ0) is 20.0. The van der Waals surface area contributed by atoms with E-state index in [9.17, 15) is 9.59 Å². The van der Waals surface area contributed by atoms with Crippen molar-refractivity contribution in [2.75, 3.05) is 13.1 Å². The minimum Gasteiger partial charge on any atom is -0.486 e. The molecule has 1 spiro atoms. The molecule has 0 bridgehead atoms. The molecule has 4 heterocycles. The molecule has 0 saturated carbocycles. The Balaban J connectivity index is 1.29. The number of hydrogen-bond acceptors (Lipinski definition) is 6. The molecule has 0 unspecified atom stereocenters. The van der Waals surface area contributed by atoms with E-state index in [1.54, 1.807) is 11.0 Å². The summed E-state index contributed by atoms with van der Waals surface area (Å²) < 4.78 is 11.6. The molecule has 29 heavy (non-hydrogen) atoms. The Kier molecular flexibility index (Phi) is 4.28. The minimum absolute atomic E-state index is 0.117. The molecule has 5 rings (SSSR count). The fourth-order valence-corrected chi connectivity index (χ4v) is 4.75. The number of benzene rings is 1. The molecule has 0 radical (unpaired) electrons. The Morgan fingerprint density at radius 3 is 2.79 bits per heavy atom. The molecule has 0 atom stereocenters. The number of carbonyl (C=O) groups is 2. The molecule has 1 amide bonds. The molecule has 2 aliphatic rings. The molecule has 3 aromatic rings. The monoisotopic (exact) mass is 408 g/mol. The molecule has 1 aromatic carbocycles. The molecule has 1 fully saturated rings. The van der Waals surface area contributed by atoms with Gasteiger partial charge in [-0.15, -0.1) is 11.3 Å². The minimum atomic E-state index is -0.526. The van der Waals surface area contributed by atoms with Crippen LogP contribution in [0.1, 0.15) is 45.7 Å². The van der Waals surface area contributed by atoms with Gasteiger partial charge in [0.05, 0.1) is 16.9 Å². The number of fused-ring (bicyclic) bond motifs is 1. The van der Waals surface area contributed by atoms with Crippen molar-refractivity contribution in [1.82, 2.24) is 10.1 Å². The number of likely N-dealkylation sites (tertiary alicyclic amines) is 1. The summed E-state index contributed by atoms with van der Waals surface area (Å²) in [5.41, 5.74) is 1.50. The maximum absolute atomic E-state index is 12.9. The Morgan fingerprint density at radius 1 is 1.21 bits per heavy atom. The molecule has 0 N–H and O–H groups in total. The van der Waals surface area contributed by atoms with Crippen LogP contribution in [-0.2, 0) is 0 Å². The average molecular weight is 408 g/mol. The molecule has 1 saturated heterocycles. The second-order valence-electron chi connectivity index (χ2n) is 7.73. The van der Waals surface area contributed by atoms with Gasteiger partial charge in [-0.25, -0.2) is 0 Å². The van der Waals surface area contributed by atoms with Crippen molar-refractivity contribution in [2.24, 2.45) is 0 Å². The first-order valence-electron chi connectivity index (χ1n) is 9.66. The van der Waals surface area contributed by atoms with E-state index < -0.39 is 5.60 Å². The third kappa shape index (κ3) is 3.25. The van der Waals surface area contributed by atoms with Crippen LogP contribution in [0.2, 0.25) is 0 Å². The smallest absolute Gasteiger partial charge is 0.276 e. The normalized spacial score (nSPS) is 17.8. The largest absolute Gasteiger partial charge is 0.486 e. The van der Waals surface area contributed by atoms with E-state index in [1.807, 2.05) is 42.6 Å². The zero-order valence-electron chi connectivity index (χ0n) is 16.0. The summed E-state index contributed by atoms with van der Waals surface area (Å²) >= 11 is 1.54. The van der Waals surface area contributed by atoms with Crippen molar-refractivity contribution in [3.05, 3.63) is 58.6 Å². The van der Waals surface area contributed by atoms with Gasteiger partial charge in [0.2, 0.25) is 0 Å². The Morgan fingerprint density at radius 2 is 2.03 bits per heavy atom. The molecule has 2 aromatic heterocycles. The highest BCUT2D eigenvalue weighted by atomic mass is 32.1. The summed E-state index contributed by atoms with van der Waals surface area (Å²) in [5.74, 6) is 1.23. The number of rotatable bonds is 2. The third-order valence-corrected chi connectivity index (χ3v) is 6.58. The van der Waals surface area contributed by atoms with Crippen molar-refractivity contribution in [3.63, 3.8) is 0 Å². The number of carbonyl (C=O) groups excluding carboxylic acids is 2. The third-order valence-electron chi connectivity index (χ3n) is 5.70. The number of aromatic nitrogens is 1. The van der Waals surface area contributed by atoms with Crippen LogP contribution in [0.5, 0.6) is 5.75 Å². The predicted octanol–water partition coefficient (Wildman–Crippen LogP) is 4.35. The Hall–Kier alpha value is -2.93. The second kappa shape index (κ2) is 6.84. The molecular formula is C22H20N2O4S. The van der Waals surface area contributed by atoms with Crippen LogP contribution in [0.3, 0.4) is 0 Å². The van der Waals surface area contributed by atoms with Crippen molar-refractivity contribution in [2.45, 2.75) is 31.8 Å². The average Bonchev–Trinajstić information content (AvgIpc) is 3.41. The standard InChI is InChI=1S/C22H20N2O4S/c1-14-4-5-18-15(11-14)17(25)13-22(27-18)6-8-24(9-7-22)21(26)16-12-19(28-23-16)20-3-2-10-29-20/h2-5,10-12H,6-9,13H2,1H3. The van der Waals surface area contributed by atoms with Crippen LogP contribution in [0.4, 0.5) is 0 Å². The molecule has 6 nitrogen and oxygen atoms in total. The van der Waals surface area contributed by atoms with Gasteiger partial charge >= 0.3 is 0 Å². The van der Waals surface area contributed by atoms with Crippen molar-refractivity contribution in [3.8, 4) is 16.4 Å². The number of thiophene rings is 1. The van der Waals surface area contributed by atoms with Gasteiger partial charge in [0.1, 0.15) is 11.4 Å². The van der Waals surface area contributed by atoms with Crippen LogP contribution in [0.15, 0.2) is 46.3 Å². The number of piperidine rings is 1. The summed E-state index contributed by atoms with van der Waals surface area (Å²) in [6.45, 7) is 3.01. The van der Waals surface area contributed by atoms with Gasteiger partial charge in [-0.3, -0.25) is 9.59 Å². The Labute approximate surface area is 172 Å². The molecule has 7 heteroatoms. The van der Waals surface area contributed by atoms with Crippen molar-refractivity contribution < 1.29 is 18.8 Å². The summed E-state index contributed by atoms with van der Waals surface area (Å²) in [7, 11) is 0. The van der Waals surface area contributed by atoms with Gasteiger partial charge in [-0.05, 0) is 30.5 Å². The molecule has 148 valence electrons. The predicted molar refractivity (Wildman–Crippen MR) is 108 cm³/mol. The van der Waals surface area contributed by atoms with Gasteiger partial charge in [0.15, 0.2) is 17.2 Å². The van der Waals surface area contributed by atoms with Gasteiger partial charge in [0.25, 0.3) is 5.91 Å². The Bertz CT molecular complexity index is 1080. The number of Topliss-reactive ketones (excluding diaryl/α,β-unsaturated/α-hetero) is 1. The van der Waals surface area contributed by atoms with Gasteiger partial charge < -0.3 is 14.2 Å². The number of nitrogens with zero attached hydrogens (tertiary/aromatic N) is 2. The lowest BCUT2D eigenvalue weighted by Gasteiger charge is -2.43. The highest BCUT2D eigenvalue weighted by Gasteiger charge is 2.44. The number of aryl methyl sites for hydroxylation is 1. The maximum Gasteiger partial charge on any atom is 0.276 e. The van der Waals surface area contributed by atoms with E-state index in [1.165, 1.54) is 11.3 Å². The first-order chi connectivity index (χ1) is 14.0. The maximum atomic E-state index is 12.9. The van der Waals surface area contributed by atoms with Crippen LogP contribution in [0, 0.1) is 6.92 Å². The van der Waals surface area contributed by atoms with Crippen LogP contribution >= 0.6 is 11.3 Å². The summed E-state index contributed by atoms with van der Waals surface area (Å²) in [6.07, 6.45) is 1.60. The summed E-state index contributed by atoms with van der Waals surface area (Å²) in [6, 6.07) is 11.3. The number of amides is 1. The van der Waals surface area contributed by atoms with Crippen LogP contribution < -0.4 is 4.74 Å². The van der Waals surface area contributed by atoms with Crippen LogP contribution in [0.25, 0.3) is 10.6 Å². The zero-order valence-corrected chi connectivity index (χ0v) is 16.8. The lowest BCUT2D eigenvalue weighted by molar-refractivity contribution is -0.00593. The van der Waals surface area contributed by atoms with Crippen molar-refractivity contribution in [1.29, 1.82) is 0 Å². The fraction of sp³-hybridized carbons (Fsp3) is 0.318. The lowest BCUT2D eigenvalue weighted by atomic mass is 9.82. The number of ketones is 1. The van der Waals surface area contributed by atoms with Crippen LogP contribution in [-0.4, -0.2) is 40.4 Å². The molecular weight excluding hydrogens is 388 g/mol. The first kappa shape index (κ1) is 18.1. The van der Waals surface area contributed by atoms with E-state index in [4.69, 9.17) is 9.26 Å². The second-order valence-corrected chi connectivity index (χ2v) is 8.68. The lowest BCUT2D eigenvalue weighted by Crippen LogP contribution is -2.52. The molecule has 2 aliphatic heterocycles. The van der Waals surface area contributed by atoms with Gasteiger partial charge in [-0.2, -0.15) is 0 Å². The van der Waals surface area contributed by atoms with Gasteiger partial charge in [-0.1, -0.05) is 22.9 Å². The van der Waals surface area contributed by atoms with E-state index >= 15 is 0 Å². The van der Waals surface area contributed by atoms with E-state index in [-0.39, 0.29) is 11.7 Å². The highest BCUT2D eigenvalue weighted by molar-refractivity contribution is 7.13. The SMILES string of the molecule is Cc1ccc2c(c1)C(=O)CC1(CCN(C(=O)c3cc(-c4cccs4)on3)CC1)O2.